The van der Waals surface area contributed by atoms with Gasteiger partial charge in [0, 0.05) is 29.6 Å². The van der Waals surface area contributed by atoms with Gasteiger partial charge < -0.3 is 14.5 Å². The lowest BCUT2D eigenvalue weighted by molar-refractivity contribution is -0.113. The van der Waals surface area contributed by atoms with Gasteiger partial charge in [-0.3, -0.25) is 14.3 Å². The van der Waals surface area contributed by atoms with Gasteiger partial charge in [-0.05, 0) is 24.3 Å². The zero-order chi connectivity index (χ0) is 23.5. The van der Waals surface area contributed by atoms with Crippen molar-refractivity contribution in [1.29, 1.82) is 0 Å². The Bertz CT molecular complexity index is 1490. The summed E-state index contributed by atoms with van der Waals surface area (Å²) < 4.78 is 13.4. The third-order valence-corrected chi connectivity index (χ3v) is 6.19. The van der Waals surface area contributed by atoms with Crippen molar-refractivity contribution in [3.05, 3.63) is 73.4 Å². The van der Waals surface area contributed by atoms with Crippen molar-refractivity contribution in [2.45, 2.75) is 11.7 Å². The Morgan fingerprint density at radius 3 is 2.79 bits per heavy atom. The van der Waals surface area contributed by atoms with Crippen LogP contribution in [-0.4, -0.2) is 38.5 Å². The molecule has 5 rings (SSSR count). The average molecular weight is 472 g/mol. The third-order valence-electron chi connectivity index (χ3n) is 5.23. The Labute approximate surface area is 199 Å². The van der Waals surface area contributed by atoms with Gasteiger partial charge in [0.05, 0.1) is 18.6 Å². The lowest BCUT2D eigenvalue weighted by Gasteiger charge is -2.11. The maximum absolute atomic E-state index is 12.8. The summed E-state index contributed by atoms with van der Waals surface area (Å²) in [5, 5.41) is 14.0. The number of nitrogens with zero attached hydrogens (tertiary/aromatic N) is 4. The summed E-state index contributed by atoms with van der Waals surface area (Å²) in [6.07, 6.45) is 3.46. The zero-order valence-electron chi connectivity index (χ0n) is 18.4. The second-order valence-electron chi connectivity index (χ2n) is 7.40. The lowest BCUT2D eigenvalue weighted by atomic mass is 10.1. The Hall–Kier alpha value is -4.11. The monoisotopic (exact) mass is 471 g/mol. The first-order valence-electron chi connectivity index (χ1n) is 10.6. The number of rotatable bonds is 8. The van der Waals surface area contributed by atoms with Crippen LogP contribution in [0, 0.1) is 0 Å². The molecule has 0 radical (unpaired) electrons. The first-order chi connectivity index (χ1) is 16.7. The molecule has 1 N–H and O–H groups in total. The first kappa shape index (κ1) is 21.7. The summed E-state index contributed by atoms with van der Waals surface area (Å²) in [6, 6.07) is 17.1. The van der Waals surface area contributed by atoms with Crippen molar-refractivity contribution in [3.63, 3.8) is 0 Å². The van der Waals surface area contributed by atoms with E-state index in [1.165, 1.54) is 11.8 Å². The summed E-state index contributed by atoms with van der Waals surface area (Å²) >= 11 is 1.29. The fraction of sp³-hybridized carbons (Fsp3) is 0.120. The normalized spacial score (nSPS) is 11.1. The number of para-hydroxylation sites is 1. The number of furan rings is 1. The quantitative estimate of drug-likeness (QED) is 0.247. The highest BCUT2D eigenvalue weighted by Gasteiger charge is 2.17. The van der Waals surface area contributed by atoms with Crippen LogP contribution < -0.4 is 10.1 Å². The van der Waals surface area contributed by atoms with Crippen LogP contribution in [-0.2, 0) is 11.3 Å². The zero-order valence-corrected chi connectivity index (χ0v) is 19.2. The van der Waals surface area contributed by atoms with E-state index in [2.05, 4.69) is 27.1 Å². The molecule has 0 saturated carbocycles. The highest BCUT2D eigenvalue weighted by Crippen LogP contribution is 2.36. The van der Waals surface area contributed by atoms with Crippen LogP contribution in [0.1, 0.15) is 0 Å². The average Bonchev–Trinajstić information content (AvgIpc) is 3.43. The van der Waals surface area contributed by atoms with Gasteiger partial charge in [-0.15, -0.1) is 16.8 Å². The predicted octanol–water partition coefficient (Wildman–Crippen LogP) is 5.16. The number of benzene rings is 2. The second kappa shape index (κ2) is 9.40. The van der Waals surface area contributed by atoms with Crippen molar-refractivity contribution < 1.29 is 13.9 Å². The van der Waals surface area contributed by atoms with Crippen LogP contribution in [0.5, 0.6) is 5.75 Å². The number of carbonyl (C=O) groups excluding carboxylic acids is 1. The molecule has 0 fully saturated rings. The molecule has 0 aliphatic carbocycles. The maximum Gasteiger partial charge on any atom is 0.234 e. The van der Waals surface area contributed by atoms with Crippen molar-refractivity contribution in [1.82, 2.24) is 19.7 Å². The molecule has 0 unspecified atom stereocenters. The number of aromatic nitrogens is 4. The van der Waals surface area contributed by atoms with E-state index in [4.69, 9.17) is 9.15 Å². The number of allylic oxidation sites excluding steroid dienone is 1. The summed E-state index contributed by atoms with van der Waals surface area (Å²) in [7, 11) is 1.57. The van der Waals surface area contributed by atoms with Crippen molar-refractivity contribution in [3.8, 4) is 17.3 Å². The van der Waals surface area contributed by atoms with Gasteiger partial charge in [0.2, 0.25) is 5.91 Å². The predicted molar refractivity (Wildman–Crippen MR) is 133 cm³/mol. The van der Waals surface area contributed by atoms with Gasteiger partial charge in [0.1, 0.15) is 22.6 Å². The van der Waals surface area contributed by atoms with E-state index in [-0.39, 0.29) is 11.7 Å². The molecule has 3 aromatic heterocycles. The molecule has 0 aliphatic heterocycles. The molecule has 0 atom stereocenters. The Kier molecular flexibility index (Phi) is 6.01. The summed E-state index contributed by atoms with van der Waals surface area (Å²) in [6.45, 7) is 4.31. The molecule has 0 saturated heterocycles. The van der Waals surface area contributed by atoms with Gasteiger partial charge in [-0.1, -0.05) is 42.1 Å². The van der Waals surface area contributed by atoms with Crippen LogP contribution in [0.4, 0.5) is 5.69 Å². The van der Waals surface area contributed by atoms with E-state index >= 15 is 0 Å². The molecular weight excluding hydrogens is 450 g/mol. The number of fused-ring (bicyclic) bond motifs is 3. The molecule has 9 heteroatoms. The molecule has 8 nitrogen and oxygen atoms in total. The molecule has 5 aromatic rings. The summed E-state index contributed by atoms with van der Waals surface area (Å²) in [4.78, 5) is 17.1. The van der Waals surface area contributed by atoms with Crippen LogP contribution >= 0.6 is 11.8 Å². The van der Waals surface area contributed by atoms with Gasteiger partial charge in [-0.25, -0.2) is 0 Å². The number of anilines is 1. The molecule has 1 amide bonds. The van der Waals surface area contributed by atoms with Gasteiger partial charge in [-0.2, -0.15) is 0 Å². The molecule has 0 bridgehead atoms. The van der Waals surface area contributed by atoms with E-state index in [0.717, 1.165) is 16.4 Å². The van der Waals surface area contributed by atoms with E-state index in [9.17, 15) is 4.79 Å². The minimum atomic E-state index is -0.202. The smallest absolute Gasteiger partial charge is 0.234 e. The minimum absolute atomic E-state index is 0.138. The molecule has 0 aliphatic rings. The SMILES string of the molecule is C=CCn1c(SCC(=O)Nc2cc3oc4ccccc4c3cc2OC)nnc1-c1ccccn1. The number of thioether (sulfide) groups is 1. The summed E-state index contributed by atoms with van der Waals surface area (Å²) in [5.74, 6) is 1.12. The van der Waals surface area contributed by atoms with Crippen LogP contribution in [0.2, 0.25) is 0 Å². The number of carbonyl (C=O) groups is 1. The number of pyridine rings is 1. The number of hydrogen-bond acceptors (Lipinski definition) is 7. The maximum atomic E-state index is 12.8. The van der Waals surface area contributed by atoms with E-state index in [1.807, 2.05) is 53.1 Å². The topological polar surface area (TPSA) is 95.1 Å². The highest BCUT2D eigenvalue weighted by molar-refractivity contribution is 7.99. The van der Waals surface area contributed by atoms with E-state index in [1.54, 1.807) is 25.4 Å². The molecule has 2 aromatic carbocycles. The van der Waals surface area contributed by atoms with Gasteiger partial charge in [0.15, 0.2) is 11.0 Å². The molecule has 0 spiro atoms. The van der Waals surface area contributed by atoms with Crippen molar-refractivity contribution in [2.75, 3.05) is 18.2 Å². The second-order valence-corrected chi connectivity index (χ2v) is 8.35. The largest absolute Gasteiger partial charge is 0.495 e. The molecule has 170 valence electrons. The van der Waals surface area contributed by atoms with Crippen LogP contribution in [0.3, 0.4) is 0 Å². The molecular formula is C25H21N5O3S. The number of amides is 1. The Morgan fingerprint density at radius 2 is 2.00 bits per heavy atom. The van der Waals surface area contributed by atoms with Crippen LogP contribution in [0.25, 0.3) is 33.5 Å². The highest BCUT2D eigenvalue weighted by atomic mass is 32.2. The fourth-order valence-electron chi connectivity index (χ4n) is 3.71. The lowest BCUT2D eigenvalue weighted by Crippen LogP contribution is -2.15. The number of ether oxygens (including phenoxy) is 1. The first-order valence-corrected chi connectivity index (χ1v) is 11.5. The number of hydrogen-bond donors (Lipinski definition) is 1. The molecule has 3 heterocycles. The summed E-state index contributed by atoms with van der Waals surface area (Å²) in [5.41, 5.74) is 2.71. The fourth-order valence-corrected chi connectivity index (χ4v) is 4.46. The molecule has 34 heavy (non-hydrogen) atoms. The van der Waals surface area contributed by atoms with Crippen molar-refractivity contribution in [2.24, 2.45) is 0 Å². The number of nitrogens with one attached hydrogen (secondary N) is 1. The van der Waals surface area contributed by atoms with E-state index in [0.29, 0.717) is 40.2 Å². The Balaban J connectivity index is 1.35. The minimum Gasteiger partial charge on any atom is -0.495 e. The Morgan fingerprint density at radius 1 is 1.15 bits per heavy atom. The van der Waals surface area contributed by atoms with Crippen LogP contribution in [0.15, 0.2) is 83.0 Å². The van der Waals surface area contributed by atoms with Gasteiger partial charge >= 0.3 is 0 Å². The van der Waals surface area contributed by atoms with Crippen molar-refractivity contribution >= 4 is 45.3 Å². The third kappa shape index (κ3) is 4.13. The van der Waals surface area contributed by atoms with E-state index < -0.39 is 0 Å². The van der Waals surface area contributed by atoms with Gasteiger partial charge in [0.25, 0.3) is 0 Å². The number of methoxy groups -OCH3 is 1. The standard InChI is InChI=1S/C25H21N5O3S/c1-3-12-30-24(18-9-6-7-11-26-18)28-29-25(30)34-15-23(31)27-19-14-21-17(13-22(19)32-2)16-8-4-5-10-20(16)33-21/h3-11,13-14H,1,12,15H2,2H3,(H,27,31).